The van der Waals surface area contributed by atoms with Crippen molar-refractivity contribution < 1.29 is 0 Å². The van der Waals surface area contributed by atoms with Gasteiger partial charge >= 0.3 is 0 Å². The maximum absolute atomic E-state index is 2.75. The summed E-state index contributed by atoms with van der Waals surface area (Å²) in [5.41, 5.74) is 12.0. The summed E-state index contributed by atoms with van der Waals surface area (Å²) in [6, 6.07) is 45.2. The first-order chi connectivity index (χ1) is 21.3. The molecule has 218 valence electrons. The molecule has 4 heteroatoms. The number of hydrogen-bond acceptors (Lipinski definition) is 2. The van der Waals surface area contributed by atoms with Crippen molar-refractivity contribution >= 4 is 55.5 Å². The molecule has 0 N–H and O–H groups in total. The molecule has 4 aromatic carbocycles. The summed E-state index contributed by atoms with van der Waals surface area (Å²) in [5, 5.41) is 3.26. The third kappa shape index (κ3) is 4.14. The molecular weight excluding hydrogens is 607 g/mol. The predicted molar refractivity (Wildman–Crippen MR) is 202 cm³/mol. The van der Waals surface area contributed by atoms with E-state index in [2.05, 4.69) is 181 Å². The zero-order chi connectivity index (χ0) is 30.2. The highest BCUT2D eigenvalue weighted by Crippen LogP contribution is 3.01. The summed E-state index contributed by atoms with van der Waals surface area (Å²) in [6.45, 7) is 6.45. The molecule has 8 rings (SSSR count). The standard InChI is InChI=1S/C40H38P2S2/c1-29-25-41(27-39(29,3)35(31-17-9-5-10-18-31)37(41)33-21-13-7-14-22-33)43-44-42-26-30(2)40(4,28-42)36(32-19-11-6-12-20-32)38(42)34-23-15-8-16-24-34/h5-26H,27-28H2,1-4H3/q+2. The second kappa shape index (κ2) is 10.5. The second-order valence-corrected chi connectivity index (χ2v) is 26.3. The van der Waals surface area contributed by atoms with Crippen molar-refractivity contribution in [1.29, 1.82) is 0 Å². The van der Waals surface area contributed by atoms with Crippen molar-refractivity contribution in [3.05, 3.63) is 166 Å². The summed E-state index contributed by atoms with van der Waals surface area (Å²) in [5.74, 6) is 5.51. The van der Waals surface area contributed by atoms with Gasteiger partial charge in [0, 0.05) is 22.3 Å². The van der Waals surface area contributed by atoms with Gasteiger partial charge in [0.15, 0.2) is 0 Å². The summed E-state index contributed by atoms with van der Waals surface area (Å²) in [6.07, 6.45) is 2.46. The second-order valence-electron chi connectivity index (χ2n) is 13.3. The van der Waals surface area contributed by atoms with Crippen LogP contribution in [-0.4, -0.2) is 12.3 Å². The van der Waals surface area contributed by atoms with Gasteiger partial charge in [0.25, 0.3) is 0 Å². The highest BCUT2D eigenvalue weighted by molar-refractivity contribution is 9.18. The van der Waals surface area contributed by atoms with E-state index in [1.807, 2.05) is 0 Å². The first-order valence-corrected chi connectivity index (χ1v) is 23.0. The lowest BCUT2D eigenvalue weighted by Gasteiger charge is -2.26. The minimum Gasteiger partial charge on any atom is -0.0622 e. The van der Waals surface area contributed by atoms with Crippen LogP contribution in [0.4, 0.5) is 0 Å². The molecule has 4 unspecified atom stereocenters. The molecule has 0 aliphatic carbocycles. The maximum Gasteiger partial charge on any atom is 0.149 e. The van der Waals surface area contributed by atoms with E-state index in [4.69, 9.17) is 0 Å². The number of benzene rings is 4. The fourth-order valence-electron chi connectivity index (χ4n) is 8.26. The Kier molecular flexibility index (Phi) is 6.86. The molecule has 0 spiro atoms. The number of hydrogen-bond donors (Lipinski definition) is 0. The van der Waals surface area contributed by atoms with Crippen LogP contribution < -0.4 is 0 Å². The van der Waals surface area contributed by atoms with Gasteiger partial charge in [-0.15, -0.1) is 0 Å². The Bertz CT molecular complexity index is 1750. The van der Waals surface area contributed by atoms with Crippen LogP contribution in [0, 0.1) is 10.8 Å². The number of fused-ring (bicyclic) bond motifs is 4. The van der Waals surface area contributed by atoms with Gasteiger partial charge in [-0.25, -0.2) is 0 Å². The van der Waals surface area contributed by atoms with Crippen molar-refractivity contribution in [2.45, 2.75) is 27.7 Å². The molecule has 0 saturated carbocycles. The minimum atomic E-state index is -1.70. The molecule has 4 aromatic rings. The molecule has 4 atom stereocenters. The van der Waals surface area contributed by atoms with E-state index in [0.29, 0.717) is 0 Å². The minimum absolute atomic E-state index is 0.0723. The van der Waals surface area contributed by atoms with E-state index in [1.54, 1.807) is 32.9 Å². The van der Waals surface area contributed by atoms with Crippen LogP contribution in [0.1, 0.15) is 49.9 Å². The van der Waals surface area contributed by atoms with Crippen molar-refractivity contribution in [3.8, 4) is 0 Å². The van der Waals surface area contributed by atoms with Crippen LogP contribution >= 0.6 is 33.8 Å². The fourth-order valence-corrected chi connectivity index (χ4v) is 33.8. The van der Waals surface area contributed by atoms with E-state index in [9.17, 15) is 0 Å². The average molecular weight is 645 g/mol. The summed E-state index contributed by atoms with van der Waals surface area (Å²) < 4.78 is 0. The van der Waals surface area contributed by atoms with Gasteiger partial charge in [-0.05, 0) is 50.0 Å². The SMILES string of the molecule is CC1=C[P+]2(SS[P+]34C=C(C)C(C)(C3)C(c3ccccc3)=C4c3ccccc3)CC1(C)C(c1ccccc1)=C2c1ccccc1. The van der Waals surface area contributed by atoms with Crippen LogP contribution in [-0.2, 0) is 0 Å². The highest BCUT2D eigenvalue weighted by atomic mass is 33.5. The normalized spacial score (nSPS) is 30.3. The zero-order valence-electron chi connectivity index (χ0n) is 25.8. The lowest BCUT2D eigenvalue weighted by molar-refractivity contribution is 0.630. The fraction of sp³-hybridized carbons (Fsp3) is 0.200. The Balaban J connectivity index is 1.30. The van der Waals surface area contributed by atoms with Crippen LogP contribution in [0.3, 0.4) is 0 Å². The monoisotopic (exact) mass is 644 g/mol. The van der Waals surface area contributed by atoms with Gasteiger partial charge in [-0.1, -0.05) is 121 Å². The molecule has 4 bridgehead atoms. The number of rotatable bonds is 7. The topological polar surface area (TPSA) is 0 Å². The first kappa shape index (κ1) is 28.8. The molecule has 4 aliphatic heterocycles. The van der Waals surface area contributed by atoms with Crippen molar-refractivity contribution in [1.82, 2.24) is 0 Å². The van der Waals surface area contributed by atoms with Gasteiger partial charge in [0.2, 0.25) is 0 Å². The molecule has 44 heavy (non-hydrogen) atoms. The molecule has 4 aliphatic rings. The van der Waals surface area contributed by atoms with Crippen LogP contribution in [0.25, 0.3) is 21.8 Å². The van der Waals surface area contributed by atoms with Crippen molar-refractivity contribution in [3.63, 3.8) is 0 Å². The molecule has 0 fully saturated rings. The van der Waals surface area contributed by atoms with Crippen LogP contribution in [0.15, 0.2) is 144 Å². The summed E-state index contributed by atoms with van der Waals surface area (Å²) in [4.78, 5) is 0. The van der Waals surface area contributed by atoms with Crippen LogP contribution in [0.5, 0.6) is 0 Å². The average Bonchev–Trinajstić information content (AvgIpc) is 3.68. The summed E-state index contributed by atoms with van der Waals surface area (Å²) >= 11 is 0. The van der Waals surface area contributed by atoms with Gasteiger partial charge in [-0.2, -0.15) is 0 Å². The van der Waals surface area contributed by atoms with Crippen molar-refractivity contribution in [2.24, 2.45) is 10.8 Å². The molecule has 0 amide bonds. The smallest absolute Gasteiger partial charge is 0.0622 e. The van der Waals surface area contributed by atoms with Crippen LogP contribution in [0.2, 0.25) is 0 Å². The lowest BCUT2D eigenvalue weighted by atomic mass is 9.75. The Hall–Kier alpha value is -2.60. The van der Waals surface area contributed by atoms with E-state index >= 15 is 0 Å². The molecule has 0 saturated heterocycles. The Morgan fingerprint density at radius 2 is 0.750 bits per heavy atom. The third-order valence-corrected chi connectivity index (χ3v) is 28.9. The van der Waals surface area contributed by atoms with E-state index in [0.717, 1.165) is 0 Å². The Morgan fingerprint density at radius 3 is 1.07 bits per heavy atom. The lowest BCUT2D eigenvalue weighted by Crippen LogP contribution is -2.18. The maximum atomic E-state index is 2.75. The Morgan fingerprint density at radius 1 is 0.455 bits per heavy atom. The third-order valence-electron chi connectivity index (χ3n) is 10.5. The van der Waals surface area contributed by atoms with E-state index in [-0.39, 0.29) is 10.8 Å². The van der Waals surface area contributed by atoms with Gasteiger partial charge in [-0.3, -0.25) is 0 Å². The molecule has 0 nitrogen and oxygen atoms in total. The molecule has 0 aromatic heterocycles. The van der Waals surface area contributed by atoms with E-state index in [1.165, 1.54) is 34.6 Å². The quantitative estimate of drug-likeness (QED) is 0.145. The van der Waals surface area contributed by atoms with Gasteiger partial charge < -0.3 is 0 Å². The predicted octanol–water partition coefficient (Wildman–Crippen LogP) is 13.2. The Labute approximate surface area is 271 Å². The zero-order valence-corrected chi connectivity index (χ0v) is 29.2. The molecule has 4 heterocycles. The van der Waals surface area contributed by atoms with E-state index < -0.39 is 12.9 Å². The highest BCUT2D eigenvalue weighted by Gasteiger charge is 2.70. The first-order valence-electron chi connectivity index (χ1n) is 15.6. The largest absolute Gasteiger partial charge is 0.149 e. The van der Waals surface area contributed by atoms with Gasteiger partial charge in [0.05, 0.1) is 34.8 Å². The summed E-state index contributed by atoms with van der Waals surface area (Å²) in [7, 11) is 4.57. The number of allylic oxidation sites excluding steroid dienone is 4. The molecular formula is C40H38P2S2+2. The molecule has 0 radical (unpaired) electrons. The van der Waals surface area contributed by atoms with Crippen molar-refractivity contribution in [2.75, 3.05) is 12.3 Å². The van der Waals surface area contributed by atoms with Gasteiger partial charge in [0.1, 0.15) is 44.4 Å².